The molecule has 0 atom stereocenters. The van der Waals surface area contributed by atoms with Crippen molar-refractivity contribution in [3.63, 3.8) is 0 Å². The van der Waals surface area contributed by atoms with Crippen molar-refractivity contribution < 1.29 is 42.7 Å². The Labute approximate surface area is 140 Å². The Morgan fingerprint density at radius 3 is 1.05 bits per heavy atom. The molecule has 0 aliphatic carbocycles. The van der Waals surface area contributed by atoms with Crippen molar-refractivity contribution in [2.45, 2.75) is 12.8 Å². The smallest absolute Gasteiger partial charge is 0.0311 e. The molecule has 0 saturated carbocycles. The van der Waals surface area contributed by atoms with E-state index in [2.05, 4.69) is 21.3 Å². The Hall–Kier alpha value is 0.333. The van der Waals surface area contributed by atoms with Crippen molar-refractivity contribution in [3.05, 3.63) is 21.3 Å². The maximum absolute atomic E-state index is 8.52. The first-order valence-electron chi connectivity index (χ1n) is 6.20. The molecular formula is C10H28N4O4SZn-6. The van der Waals surface area contributed by atoms with Gasteiger partial charge in [-0.05, 0) is 0 Å². The van der Waals surface area contributed by atoms with Gasteiger partial charge in [0.05, 0.1) is 0 Å². The van der Waals surface area contributed by atoms with Crippen LogP contribution >= 0.6 is 0 Å². The van der Waals surface area contributed by atoms with Gasteiger partial charge >= 0.3 is 0 Å². The van der Waals surface area contributed by atoms with Crippen molar-refractivity contribution in [1.82, 2.24) is 0 Å². The number of hydrogen-bond acceptors (Lipinski definition) is 4. The monoisotopic (exact) mass is 364 g/mol. The van der Waals surface area contributed by atoms with Crippen LogP contribution < -0.4 is 0 Å². The third kappa shape index (κ3) is 26.8. The van der Waals surface area contributed by atoms with Gasteiger partial charge < -0.3 is 30.4 Å². The van der Waals surface area contributed by atoms with Crippen LogP contribution in [0.15, 0.2) is 0 Å². The minimum atomic E-state index is -5.17. The molecule has 8 nitrogen and oxygen atoms in total. The first kappa shape index (κ1) is 22.6. The van der Waals surface area contributed by atoms with E-state index in [0.717, 1.165) is 65.2 Å². The van der Waals surface area contributed by atoms with Gasteiger partial charge in [-0.15, -0.1) is 0 Å². The quantitative estimate of drug-likeness (QED) is 0.367. The van der Waals surface area contributed by atoms with E-state index < -0.39 is 10.4 Å². The maximum Gasteiger partial charge on any atom is 0.0311 e. The summed E-state index contributed by atoms with van der Waals surface area (Å²) in [6, 6.07) is 0. The number of rotatable bonds is 0. The van der Waals surface area contributed by atoms with E-state index in [9.17, 15) is 0 Å². The largest absolute Gasteiger partial charge is 0.759 e. The molecule has 10 heteroatoms. The van der Waals surface area contributed by atoms with Crippen molar-refractivity contribution in [2.75, 3.05) is 52.4 Å². The van der Waals surface area contributed by atoms with Gasteiger partial charge in [0.15, 0.2) is 0 Å². The van der Waals surface area contributed by atoms with E-state index in [0.29, 0.717) is 0 Å². The summed E-state index contributed by atoms with van der Waals surface area (Å²) in [7, 11) is -5.17. The fourth-order valence-electron chi connectivity index (χ4n) is 1.32. The van der Waals surface area contributed by atoms with Crippen molar-refractivity contribution in [1.29, 1.82) is 0 Å². The topological polar surface area (TPSA) is 137 Å². The molecule has 0 amide bonds. The molecule has 0 radical (unpaired) electrons. The molecule has 1 fully saturated rings. The van der Waals surface area contributed by atoms with Gasteiger partial charge in [0, 0.05) is 35.6 Å². The van der Waals surface area contributed by atoms with Crippen LogP contribution in [-0.4, -0.2) is 69.9 Å². The minimum Gasteiger partial charge on any atom is -0.759 e. The average molecular weight is 366 g/mol. The average Bonchev–Trinajstić information content (AvgIpc) is 2.30. The van der Waals surface area contributed by atoms with Gasteiger partial charge in [-0.3, -0.25) is 8.42 Å². The van der Waals surface area contributed by atoms with E-state index in [-0.39, 0.29) is 25.2 Å². The van der Waals surface area contributed by atoms with Crippen LogP contribution in [0.3, 0.4) is 0 Å². The number of hydrogen-bond donors (Lipinski definition) is 0. The molecule has 0 unspecified atom stereocenters. The van der Waals surface area contributed by atoms with Crippen molar-refractivity contribution in [2.24, 2.45) is 0 Å². The molecule has 1 heterocycles. The van der Waals surface area contributed by atoms with E-state index in [4.69, 9.17) is 17.5 Å². The summed E-state index contributed by atoms with van der Waals surface area (Å²) in [4.78, 5) is 0. The Balaban J connectivity index is -0.0000000725. The summed E-state index contributed by atoms with van der Waals surface area (Å²) < 4.78 is 34.1. The first-order valence-corrected chi connectivity index (χ1v) is 7.53. The molecule has 20 heavy (non-hydrogen) atoms. The summed E-state index contributed by atoms with van der Waals surface area (Å²) in [5.41, 5.74) is 0. The minimum absolute atomic E-state index is 0. The van der Waals surface area contributed by atoms with Crippen LogP contribution in [0, 0.1) is 0 Å². The van der Waals surface area contributed by atoms with Crippen LogP contribution in [0.5, 0.6) is 0 Å². The Bertz CT molecular complexity index is 247. The van der Waals surface area contributed by atoms with E-state index in [1.165, 1.54) is 0 Å². The van der Waals surface area contributed by atoms with Gasteiger partial charge in [0.2, 0.25) is 0 Å². The molecule has 0 bridgehead atoms. The Kier molecular flexibility index (Phi) is 17.8. The standard InChI is InChI=1S/C10H20N4.H2O4S.Zn.4H2/c1-3-11-7-9-13-5-2-6-14-10-8-12-4-1;1-5(2,3)4;;;;;/h1-10H2;(H2,1,2,3,4);;4*1H/q-4;;;;;;/p-2. The van der Waals surface area contributed by atoms with Gasteiger partial charge in [-0.25, -0.2) is 0 Å². The Morgan fingerprint density at radius 2 is 0.850 bits per heavy atom. The number of nitrogens with zero attached hydrogens (tertiary/aromatic N) is 4. The summed E-state index contributed by atoms with van der Waals surface area (Å²) in [6.45, 7) is 7.31. The third-order valence-corrected chi connectivity index (χ3v) is 2.10. The van der Waals surface area contributed by atoms with Crippen LogP contribution in [0.4, 0.5) is 0 Å². The summed E-state index contributed by atoms with van der Waals surface area (Å²) in [5.74, 6) is 0. The van der Waals surface area contributed by atoms with Crippen LogP contribution in [0.2, 0.25) is 0 Å². The van der Waals surface area contributed by atoms with Crippen molar-refractivity contribution >= 4 is 10.4 Å². The summed E-state index contributed by atoms with van der Waals surface area (Å²) in [5, 5.41) is 17.5. The molecule has 0 aromatic rings. The van der Waals surface area contributed by atoms with Gasteiger partial charge in [-0.1, -0.05) is 12.8 Å². The maximum atomic E-state index is 8.52. The molecule has 0 aromatic carbocycles. The molecule has 0 aromatic heterocycles. The predicted molar refractivity (Wildman–Crippen MR) is 80.5 cm³/mol. The van der Waals surface area contributed by atoms with Crippen LogP contribution in [0.1, 0.15) is 18.5 Å². The van der Waals surface area contributed by atoms with Gasteiger partial charge in [-0.2, -0.15) is 52.4 Å². The molecule has 0 spiro atoms. The molecule has 0 N–H and O–H groups in total. The molecule has 126 valence electrons. The zero-order valence-corrected chi connectivity index (χ0v) is 15.4. The molecule has 1 saturated heterocycles. The Morgan fingerprint density at radius 1 is 0.650 bits per heavy atom. The van der Waals surface area contributed by atoms with Crippen LogP contribution in [0.25, 0.3) is 21.3 Å². The zero-order chi connectivity index (χ0) is 14.4. The first-order chi connectivity index (χ1) is 9.00. The third-order valence-electron chi connectivity index (χ3n) is 2.10. The SMILES string of the molecule is C1C[N-]CC[N-]CCC[N-]CC[N-]C1.O=S(=O)([O-])[O-].[HH].[HH].[HH].[HH].[Zn]. The molecule has 1 aliphatic rings. The normalized spacial score (nSPS) is 19.7. The molecule has 1 aliphatic heterocycles. The van der Waals surface area contributed by atoms with E-state index in [1.54, 1.807) is 0 Å². The second-order valence-corrected chi connectivity index (χ2v) is 4.62. The van der Waals surface area contributed by atoms with Gasteiger partial charge in [0.1, 0.15) is 0 Å². The summed E-state index contributed by atoms with van der Waals surface area (Å²) in [6.07, 6.45) is 2.17. The van der Waals surface area contributed by atoms with Gasteiger partial charge in [0.25, 0.3) is 0 Å². The fourth-order valence-corrected chi connectivity index (χ4v) is 1.32. The fraction of sp³-hybridized carbons (Fsp3) is 1.00. The van der Waals surface area contributed by atoms with E-state index in [1.807, 2.05) is 0 Å². The van der Waals surface area contributed by atoms with E-state index >= 15 is 0 Å². The molecular weight excluding hydrogens is 338 g/mol. The van der Waals surface area contributed by atoms with Crippen molar-refractivity contribution in [3.8, 4) is 0 Å². The summed E-state index contributed by atoms with van der Waals surface area (Å²) >= 11 is 0. The van der Waals surface area contributed by atoms with Crippen LogP contribution in [-0.2, 0) is 29.9 Å². The molecule has 1 rings (SSSR count). The zero-order valence-electron chi connectivity index (χ0n) is 11.6. The second-order valence-electron chi connectivity index (χ2n) is 3.80. The predicted octanol–water partition coefficient (Wildman–Crippen LogP) is 1.92. The second kappa shape index (κ2) is 15.7.